The number of nitrogen functional groups attached to an aromatic ring is 1. The molecule has 1 amide bonds. The summed E-state index contributed by atoms with van der Waals surface area (Å²) in [5.74, 6) is -0.0177. The maximum absolute atomic E-state index is 11.8. The Bertz CT molecular complexity index is 458. The van der Waals surface area contributed by atoms with E-state index in [9.17, 15) is 4.79 Å². The monoisotopic (exact) mass is 290 g/mol. The van der Waals surface area contributed by atoms with Gasteiger partial charge in [-0.15, -0.1) is 0 Å². The molecular weight excluding hydrogens is 264 g/mol. The quantitative estimate of drug-likeness (QED) is 0.815. The molecule has 3 N–H and O–H groups in total. The maximum Gasteiger partial charge on any atom is 0.226 e. The molecule has 1 aromatic rings. The predicted molar refractivity (Wildman–Crippen MR) is 86.1 cm³/mol. The Morgan fingerprint density at radius 1 is 1.29 bits per heavy atom. The lowest BCUT2D eigenvalue weighted by Crippen LogP contribution is -2.27. The Morgan fingerprint density at radius 2 is 1.90 bits per heavy atom. The van der Waals surface area contributed by atoms with Crippen LogP contribution < -0.4 is 11.1 Å². The molecule has 0 aromatic heterocycles. The molecule has 1 saturated carbocycles. The normalized spacial score (nSPS) is 18.4. The summed E-state index contributed by atoms with van der Waals surface area (Å²) >= 11 is 0. The van der Waals surface area contributed by atoms with E-state index < -0.39 is 0 Å². The Labute approximate surface area is 127 Å². The molecular formula is C17H26N2O2. The van der Waals surface area contributed by atoms with Gasteiger partial charge in [0.25, 0.3) is 0 Å². The fourth-order valence-electron chi connectivity index (χ4n) is 2.65. The molecule has 0 heterocycles. The van der Waals surface area contributed by atoms with E-state index in [-0.39, 0.29) is 5.91 Å². The summed E-state index contributed by atoms with van der Waals surface area (Å²) in [6.07, 6.45) is 5.33. The minimum atomic E-state index is -0.0177. The molecule has 1 aliphatic rings. The van der Waals surface area contributed by atoms with Crippen molar-refractivity contribution >= 4 is 17.3 Å². The minimum Gasteiger partial charge on any atom is -0.399 e. The summed E-state index contributed by atoms with van der Waals surface area (Å²) < 4.78 is 5.82. The van der Waals surface area contributed by atoms with Crippen LogP contribution in [0.4, 0.5) is 11.4 Å². The van der Waals surface area contributed by atoms with E-state index in [1.54, 1.807) is 24.3 Å². The maximum atomic E-state index is 11.8. The molecule has 0 atom stereocenters. The van der Waals surface area contributed by atoms with E-state index >= 15 is 0 Å². The molecule has 1 aromatic carbocycles. The van der Waals surface area contributed by atoms with Gasteiger partial charge < -0.3 is 15.8 Å². The van der Waals surface area contributed by atoms with Gasteiger partial charge in [-0.2, -0.15) is 0 Å². The second kappa shape index (κ2) is 6.94. The fraction of sp³-hybridized carbons (Fsp3) is 0.588. The standard InChI is InChI=1S/C17H26N2O2/c1-17(2)10-7-15(8-11-17)21-12-9-16(20)19-14-5-3-13(18)4-6-14/h3-6,15H,7-12,18H2,1-2H3,(H,19,20). The zero-order valence-electron chi connectivity index (χ0n) is 13.0. The van der Waals surface area contributed by atoms with Crippen molar-refractivity contribution in [3.05, 3.63) is 24.3 Å². The molecule has 1 aliphatic carbocycles. The van der Waals surface area contributed by atoms with Crippen LogP contribution in [0.3, 0.4) is 0 Å². The van der Waals surface area contributed by atoms with Gasteiger partial charge in [0.1, 0.15) is 0 Å². The van der Waals surface area contributed by atoms with Crippen LogP contribution in [-0.2, 0) is 9.53 Å². The largest absolute Gasteiger partial charge is 0.399 e. The van der Waals surface area contributed by atoms with E-state index in [4.69, 9.17) is 10.5 Å². The smallest absolute Gasteiger partial charge is 0.226 e. The van der Waals surface area contributed by atoms with E-state index in [1.165, 1.54) is 12.8 Å². The predicted octanol–water partition coefficient (Wildman–Crippen LogP) is 3.58. The first-order chi connectivity index (χ1) is 9.94. The number of ether oxygens (including phenoxy) is 1. The zero-order valence-corrected chi connectivity index (χ0v) is 13.0. The highest BCUT2D eigenvalue weighted by Crippen LogP contribution is 2.36. The number of nitrogens with two attached hydrogens (primary N) is 1. The topological polar surface area (TPSA) is 64.3 Å². The number of nitrogens with one attached hydrogen (secondary N) is 1. The summed E-state index contributed by atoms with van der Waals surface area (Å²) in [6, 6.07) is 7.15. The van der Waals surface area contributed by atoms with Crippen molar-refractivity contribution in [3.63, 3.8) is 0 Å². The molecule has 0 radical (unpaired) electrons. The summed E-state index contributed by atoms with van der Waals surface area (Å²) in [5.41, 5.74) is 7.52. The molecule has 0 aliphatic heterocycles. The van der Waals surface area contributed by atoms with Gasteiger partial charge >= 0.3 is 0 Å². The molecule has 0 spiro atoms. The van der Waals surface area contributed by atoms with Crippen molar-refractivity contribution in [2.24, 2.45) is 5.41 Å². The van der Waals surface area contributed by atoms with Gasteiger partial charge in [0, 0.05) is 11.4 Å². The first kappa shape index (κ1) is 15.8. The molecule has 21 heavy (non-hydrogen) atoms. The number of carbonyl (C=O) groups is 1. The number of hydrogen-bond donors (Lipinski definition) is 2. The molecule has 4 nitrogen and oxygen atoms in total. The second-order valence-corrected chi connectivity index (χ2v) is 6.65. The first-order valence-corrected chi connectivity index (χ1v) is 7.72. The van der Waals surface area contributed by atoms with Crippen molar-refractivity contribution in [1.29, 1.82) is 0 Å². The molecule has 0 unspecified atom stereocenters. The van der Waals surface area contributed by atoms with Crippen LogP contribution in [0, 0.1) is 5.41 Å². The number of amides is 1. The van der Waals surface area contributed by atoms with Gasteiger partial charge in [0.2, 0.25) is 5.91 Å². The van der Waals surface area contributed by atoms with Gasteiger partial charge in [0.15, 0.2) is 0 Å². The third kappa shape index (κ3) is 5.38. The number of hydrogen-bond acceptors (Lipinski definition) is 3. The number of benzene rings is 1. The molecule has 0 saturated heterocycles. The van der Waals surface area contributed by atoms with Crippen LogP contribution in [0.1, 0.15) is 46.0 Å². The van der Waals surface area contributed by atoms with Crippen molar-refractivity contribution in [1.82, 2.24) is 0 Å². The highest BCUT2D eigenvalue weighted by Gasteiger charge is 2.27. The van der Waals surface area contributed by atoms with Crippen molar-refractivity contribution < 1.29 is 9.53 Å². The van der Waals surface area contributed by atoms with Crippen LogP contribution in [0.5, 0.6) is 0 Å². The van der Waals surface area contributed by atoms with Crippen LogP contribution in [-0.4, -0.2) is 18.6 Å². The Balaban J connectivity index is 1.64. The summed E-state index contributed by atoms with van der Waals surface area (Å²) in [5, 5.41) is 2.85. The van der Waals surface area contributed by atoms with E-state index in [0.717, 1.165) is 18.5 Å². The SMILES string of the molecule is CC1(C)CCC(OCCC(=O)Nc2ccc(N)cc2)CC1. The third-order valence-electron chi connectivity index (χ3n) is 4.16. The summed E-state index contributed by atoms with van der Waals surface area (Å²) in [7, 11) is 0. The first-order valence-electron chi connectivity index (χ1n) is 7.72. The van der Waals surface area contributed by atoms with Gasteiger partial charge in [0.05, 0.1) is 19.1 Å². The van der Waals surface area contributed by atoms with Crippen molar-refractivity contribution in [3.8, 4) is 0 Å². The van der Waals surface area contributed by atoms with Gasteiger partial charge in [-0.3, -0.25) is 4.79 Å². The average Bonchev–Trinajstić information content (AvgIpc) is 2.43. The minimum absolute atomic E-state index is 0.0177. The lowest BCUT2D eigenvalue weighted by atomic mass is 9.76. The van der Waals surface area contributed by atoms with Crippen LogP contribution in [0.2, 0.25) is 0 Å². The average molecular weight is 290 g/mol. The van der Waals surface area contributed by atoms with E-state index in [2.05, 4.69) is 19.2 Å². The van der Waals surface area contributed by atoms with Gasteiger partial charge in [-0.1, -0.05) is 13.8 Å². The van der Waals surface area contributed by atoms with Gasteiger partial charge in [-0.05, 0) is 55.4 Å². The molecule has 4 heteroatoms. The van der Waals surface area contributed by atoms with Gasteiger partial charge in [-0.25, -0.2) is 0 Å². The van der Waals surface area contributed by atoms with Crippen LogP contribution in [0.25, 0.3) is 0 Å². The highest BCUT2D eigenvalue weighted by molar-refractivity contribution is 5.90. The molecule has 2 rings (SSSR count). The number of carbonyl (C=O) groups excluding carboxylic acids is 1. The third-order valence-corrected chi connectivity index (χ3v) is 4.16. The second-order valence-electron chi connectivity index (χ2n) is 6.65. The van der Waals surface area contributed by atoms with Crippen LogP contribution in [0.15, 0.2) is 24.3 Å². The summed E-state index contributed by atoms with van der Waals surface area (Å²) in [4.78, 5) is 11.8. The summed E-state index contributed by atoms with van der Waals surface area (Å²) in [6.45, 7) is 5.11. The molecule has 0 bridgehead atoms. The van der Waals surface area contributed by atoms with Crippen molar-refractivity contribution in [2.45, 2.75) is 52.1 Å². The number of anilines is 2. The van der Waals surface area contributed by atoms with E-state index in [0.29, 0.717) is 30.2 Å². The fourth-order valence-corrected chi connectivity index (χ4v) is 2.65. The number of rotatable bonds is 5. The molecule has 1 fully saturated rings. The lowest BCUT2D eigenvalue weighted by Gasteiger charge is -2.34. The Hall–Kier alpha value is -1.55. The van der Waals surface area contributed by atoms with E-state index in [1.807, 2.05) is 0 Å². The Morgan fingerprint density at radius 3 is 2.52 bits per heavy atom. The lowest BCUT2D eigenvalue weighted by molar-refractivity contribution is -0.118. The zero-order chi connectivity index (χ0) is 15.3. The van der Waals surface area contributed by atoms with Crippen molar-refractivity contribution in [2.75, 3.05) is 17.7 Å². The Kier molecular flexibility index (Phi) is 5.23. The van der Waals surface area contributed by atoms with Crippen LogP contribution >= 0.6 is 0 Å². The highest BCUT2D eigenvalue weighted by atomic mass is 16.5. The molecule has 116 valence electrons.